The standard InChI is InChI=1S/C15H27NO4/c1-11(2)16-15(12-4-5-12,14(17)18-3)10-20-13-6-8-19-9-7-13/h11-13,16H,4-10H2,1-3H3. The number of methoxy groups -OCH3 is 1. The van der Waals surface area contributed by atoms with Crippen molar-refractivity contribution in [3.8, 4) is 0 Å². The number of esters is 1. The lowest BCUT2D eigenvalue weighted by Crippen LogP contribution is -2.60. The van der Waals surface area contributed by atoms with E-state index in [1.54, 1.807) is 0 Å². The van der Waals surface area contributed by atoms with Crippen molar-refractivity contribution in [1.82, 2.24) is 5.32 Å². The van der Waals surface area contributed by atoms with Crippen molar-refractivity contribution in [3.05, 3.63) is 0 Å². The van der Waals surface area contributed by atoms with Gasteiger partial charge in [-0.1, -0.05) is 0 Å². The summed E-state index contributed by atoms with van der Waals surface area (Å²) in [4.78, 5) is 12.3. The van der Waals surface area contributed by atoms with E-state index in [0.29, 0.717) is 12.5 Å². The van der Waals surface area contributed by atoms with Crippen LogP contribution < -0.4 is 5.32 Å². The minimum Gasteiger partial charge on any atom is -0.468 e. The molecular formula is C15H27NO4. The molecule has 0 bridgehead atoms. The highest BCUT2D eigenvalue weighted by Gasteiger charge is 2.52. The third kappa shape index (κ3) is 3.71. The molecule has 0 aromatic heterocycles. The molecule has 5 heteroatoms. The van der Waals surface area contributed by atoms with E-state index in [9.17, 15) is 4.79 Å². The summed E-state index contributed by atoms with van der Waals surface area (Å²) in [6.45, 7) is 5.99. The number of rotatable bonds is 7. The van der Waals surface area contributed by atoms with E-state index < -0.39 is 5.54 Å². The normalized spacial score (nSPS) is 23.6. The Kier molecular flexibility index (Phi) is 5.41. The molecule has 1 aliphatic heterocycles. The number of nitrogens with one attached hydrogen (secondary N) is 1. The van der Waals surface area contributed by atoms with Gasteiger partial charge in [-0.2, -0.15) is 0 Å². The summed E-state index contributed by atoms with van der Waals surface area (Å²) >= 11 is 0. The van der Waals surface area contributed by atoms with E-state index >= 15 is 0 Å². The quantitative estimate of drug-likeness (QED) is 0.718. The van der Waals surface area contributed by atoms with Gasteiger partial charge < -0.3 is 14.2 Å². The molecule has 20 heavy (non-hydrogen) atoms. The maximum Gasteiger partial charge on any atom is 0.328 e. The summed E-state index contributed by atoms with van der Waals surface area (Å²) < 4.78 is 16.4. The highest BCUT2D eigenvalue weighted by atomic mass is 16.5. The van der Waals surface area contributed by atoms with Gasteiger partial charge in [-0.25, -0.2) is 4.79 Å². The summed E-state index contributed by atoms with van der Waals surface area (Å²) in [6, 6.07) is 0.216. The monoisotopic (exact) mass is 285 g/mol. The molecular weight excluding hydrogens is 258 g/mol. The molecule has 1 saturated carbocycles. The summed E-state index contributed by atoms with van der Waals surface area (Å²) in [6.07, 6.45) is 4.13. The first-order valence-corrected chi connectivity index (χ1v) is 7.64. The van der Waals surface area contributed by atoms with Crippen LogP contribution >= 0.6 is 0 Å². The smallest absolute Gasteiger partial charge is 0.328 e. The highest BCUT2D eigenvalue weighted by Crippen LogP contribution is 2.41. The van der Waals surface area contributed by atoms with Gasteiger partial charge in [0, 0.05) is 19.3 Å². The third-order valence-electron chi connectivity index (χ3n) is 4.09. The van der Waals surface area contributed by atoms with Gasteiger partial charge in [-0.15, -0.1) is 0 Å². The zero-order valence-corrected chi connectivity index (χ0v) is 12.8. The zero-order chi connectivity index (χ0) is 14.6. The molecule has 0 spiro atoms. The Morgan fingerprint density at radius 1 is 1.30 bits per heavy atom. The first-order valence-electron chi connectivity index (χ1n) is 7.64. The molecule has 0 aromatic rings. The van der Waals surface area contributed by atoms with E-state index in [1.165, 1.54) is 7.11 Å². The average molecular weight is 285 g/mol. The van der Waals surface area contributed by atoms with Crippen LogP contribution in [0.15, 0.2) is 0 Å². The van der Waals surface area contributed by atoms with Crippen molar-refractivity contribution in [3.63, 3.8) is 0 Å². The van der Waals surface area contributed by atoms with Gasteiger partial charge >= 0.3 is 5.97 Å². The fraction of sp³-hybridized carbons (Fsp3) is 0.933. The third-order valence-corrected chi connectivity index (χ3v) is 4.09. The van der Waals surface area contributed by atoms with Gasteiger partial charge in [0.25, 0.3) is 0 Å². The number of ether oxygens (including phenoxy) is 3. The lowest BCUT2D eigenvalue weighted by Gasteiger charge is -2.36. The molecule has 116 valence electrons. The van der Waals surface area contributed by atoms with Crippen LogP contribution in [-0.2, 0) is 19.0 Å². The molecule has 1 N–H and O–H groups in total. The topological polar surface area (TPSA) is 56.8 Å². The number of carbonyl (C=O) groups excluding carboxylic acids is 1. The van der Waals surface area contributed by atoms with Crippen LogP contribution in [0.3, 0.4) is 0 Å². The molecule has 1 heterocycles. The summed E-state index contributed by atoms with van der Waals surface area (Å²) in [5.41, 5.74) is -0.679. The van der Waals surface area contributed by atoms with Crippen LogP contribution in [0, 0.1) is 5.92 Å². The Bertz CT molecular complexity index is 324. The van der Waals surface area contributed by atoms with E-state index in [1.807, 2.05) is 0 Å². The predicted molar refractivity (Wildman–Crippen MR) is 75.5 cm³/mol. The Labute approximate surface area is 121 Å². The molecule has 0 aromatic carbocycles. The average Bonchev–Trinajstić information content (AvgIpc) is 3.28. The fourth-order valence-electron chi connectivity index (χ4n) is 2.93. The Hall–Kier alpha value is -0.650. The van der Waals surface area contributed by atoms with Crippen LogP contribution in [0.25, 0.3) is 0 Å². The molecule has 1 aliphatic carbocycles. The van der Waals surface area contributed by atoms with Crippen LogP contribution in [0.5, 0.6) is 0 Å². The van der Waals surface area contributed by atoms with Crippen molar-refractivity contribution < 1.29 is 19.0 Å². The van der Waals surface area contributed by atoms with Crippen LogP contribution in [0.1, 0.15) is 39.5 Å². The van der Waals surface area contributed by atoms with Crippen LogP contribution in [-0.4, -0.2) is 50.6 Å². The number of hydrogen-bond acceptors (Lipinski definition) is 5. The van der Waals surface area contributed by atoms with Gasteiger partial charge in [0.2, 0.25) is 0 Å². The number of carbonyl (C=O) groups is 1. The second kappa shape index (κ2) is 6.87. The highest BCUT2D eigenvalue weighted by molar-refractivity contribution is 5.82. The van der Waals surface area contributed by atoms with Crippen LogP contribution in [0.4, 0.5) is 0 Å². The first-order chi connectivity index (χ1) is 9.58. The Morgan fingerprint density at radius 2 is 1.95 bits per heavy atom. The lowest BCUT2D eigenvalue weighted by molar-refractivity contribution is -0.156. The SMILES string of the molecule is COC(=O)C(COC1CCOCC1)(NC(C)C)C1CC1. The van der Waals surface area contributed by atoms with E-state index in [2.05, 4.69) is 19.2 Å². The Morgan fingerprint density at radius 3 is 2.45 bits per heavy atom. The molecule has 0 amide bonds. The lowest BCUT2D eigenvalue weighted by atomic mass is 9.92. The van der Waals surface area contributed by atoms with Crippen molar-refractivity contribution in [1.29, 1.82) is 0 Å². The zero-order valence-electron chi connectivity index (χ0n) is 12.8. The van der Waals surface area contributed by atoms with Gasteiger partial charge in [0.15, 0.2) is 0 Å². The second-order valence-electron chi connectivity index (χ2n) is 6.16. The van der Waals surface area contributed by atoms with Gasteiger partial charge in [-0.05, 0) is 45.4 Å². The van der Waals surface area contributed by atoms with E-state index in [4.69, 9.17) is 14.2 Å². The van der Waals surface area contributed by atoms with Gasteiger partial charge in [0.1, 0.15) is 5.54 Å². The molecule has 2 fully saturated rings. The van der Waals surface area contributed by atoms with E-state index in [-0.39, 0.29) is 18.1 Å². The van der Waals surface area contributed by atoms with Crippen molar-refractivity contribution in [2.75, 3.05) is 26.9 Å². The van der Waals surface area contributed by atoms with Gasteiger partial charge in [0.05, 0.1) is 19.8 Å². The fourth-order valence-corrected chi connectivity index (χ4v) is 2.93. The maximum atomic E-state index is 12.3. The molecule has 2 rings (SSSR count). The molecule has 0 radical (unpaired) electrons. The summed E-state index contributed by atoms with van der Waals surface area (Å²) in [5.74, 6) is 0.137. The van der Waals surface area contributed by atoms with E-state index in [0.717, 1.165) is 38.9 Å². The minimum absolute atomic E-state index is 0.194. The minimum atomic E-state index is -0.679. The largest absolute Gasteiger partial charge is 0.468 e. The molecule has 2 aliphatic rings. The first kappa shape index (κ1) is 15.7. The summed E-state index contributed by atoms with van der Waals surface area (Å²) in [7, 11) is 1.45. The summed E-state index contributed by atoms with van der Waals surface area (Å²) in [5, 5.41) is 3.41. The molecule has 5 nitrogen and oxygen atoms in total. The second-order valence-corrected chi connectivity index (χ2v) is 6.16. The van der Waals surface area contributed by atoms with Gasteiger partial charge in [-0.3, -0.25) is 5.32 Å². The molecule has 1 atom stereocenters. The Balaban J connectivity index is 2.02. The molecule has 1 unspecified atom stereocenters. The predicted octanol–water partition coefficient (Wildman–Crippen LogP) is 1.50. The van der Waals surface area contributed by atoms with Crippen molar-refractivity contribution in [2.24, 2.45) is 5.92 Å². The van der Waals surface area contributed by atoms with Crippen molar-refractivity contribution in [2.45, 2.75) is 57.2 Å². The molecule has 1 saturated heterocycles. The van der Waals surface area contributed by atoms with Crippen LogP contribution in [0.2, 0.25) is 0 Å². The van der Waals surface area contributed by atoms with Crippen molar-refractivity contribution >= 4 is 5.97 Å². The maximum absolute atomic E-state index is 12.3. The number of hydrogen-bond donors (Lipinski definition) is 1.